The van der Waals surface area contributed by atoms with Gasteiger partial charge < -0.3 is 4.74 Å². The average molecular weight is 278 g/mol. The number of aryl methyl sites for hydroxylation is 1. The Morgan fingerprint density at radius 1 is 1.39 bits per heavy atom. The van der Waals surface area contributed by atoms with Crippen LogP contribution in [0.1, 0.15) is 11.1 Å². The first-order chi connectivity index (χ1) is 8.56. The third-order valence-corrected chi connectivity index (χ3v) is 2.80. The van der Waals surface area contributed by atoms with Crippen molar-refractivity contribution in [2.75, 3.05) is 26.1 Å². The van der Waals surface area contributed by atoms with Gasteiger partial charge in [-0.15, -0.1) is 11.6 Å². The maximum absolute atomic E-state index is 12.5. The second-order valence-electron chi connectivity index (χ2n) is 4.13. The minimum atomic E-state index is -2.36. The van der Waals surface area contributed by atoms with Gasteiger partial charge in [-0.25, -0.2) is 8.78 Å². The highest BCUT2D eigenvalue weighted by Crippen LogP contribution is 2.21. The minimum Gasteiger partial charge on any atom is -0.496 e. The fraction of sp³-hybridized carbons (Fsp3) is 0.538. The highest BCUT2D eigenvalue weighted by Gasteiger charge is 2.14. The molecular formula is C13H18ClF2NO. The number of ether oxygens (including phenoxy) is 1. The molecule has 0 saturated carbocycles. The first-order valence-corrected chi connectivity index (χ1v) is 6.30. The molecule has 0 atom stereocenters. The highest BCUT2D eigenvalue weighted by atomic mass is 35.5. The first-order valence-electron chi connectivity index (χ1n) is 5.76. The van der Waals surface area contributed by atoms with Crippen molar-refractivity contribution >= 4 is 11.6 Å². The summed E-state index contributed by atoms with van der Waals surface area (Å²) < 4.78 is 30.2. The van der Waals surface area contributed by atoms with E-state index in [0.29, 0.717) is 19.0 Å². The Hall–Kier alpha value is -0.870. The van der Waals surface area contributed by atoms with Gasteiger partial charge in [0.2, 0.25) is 0 Å². The molecule has 5 heteroatoms. The molecule has 0 unspecified atom stereocenters. The Labute approximate surface area is 111 Å². The van der Waals surface area contributed by atoms with Gasteiger partial charge in [0.05, 0.1) is 13.7 Å². The molecule has 0 radical (unpaired) electrons. The molecule has 0 saturated heterocycles. The summed E-state index contributed by atoms with van der Waals surface area (Å²) in [6.07, 6.45) is -2.36. The number of halogens is 3. The topological polar surface area (TPSA) is 12.5 Å². The Balaban J connectivity index is 2.81. The average Bonchev–Trinajstić information content (AvgIpc) is 2.28. The van der Waals surface area contributed by atoms with E-state index in [1.807, 2.05) is 25.1 Å². The van der Waals surface area contributed by atoms with E-state index in [9.17, 15) is 8.78 Å². The molecule has 18 heavy (non-hydrogen) atoms. The van der Waals surface area contributed by atoms with Crippen LogP contribution < -0.4 is 4.74 Å². The fourth-order valence-corrected chi connectivity index (χ4v) is 2.06. The quantitative estimate of drug-likeness (QED) is 0.709. The smallest absolute Gasteiger partial charge is 0.251 e. The molecule has 1 aromatic rings. The predicted molar refractivity (Wildman–Crippen MR) is 69.7 cm³/mol. The van der Waals surface area contributed by atoms with Crippen LogP contribution in [0.4, 0.5) is 8.78 Å². The van der Waals surface area contributed by atoms with Gasteiger partial charge in [0, 0.05) is 24.5 Å². The SMILES string of the molecule is COc1ccc(C)cc1CN(CCCl)CC(F)F. The third kappa shape index (κ3) is 4.78. The van der Waals surface area contributed by atoms with E-state index in [4.69, 9.17) is 16.3 Å². The molecule has 0 fully saturated rings. The van der Waals surface area contributed by atoms with Crippen LogP contribution in [0.5, 0.6) is 5.75 Å². The zero-order valence-corrected chi connectivity index (χ0v) is 11.4. The van der Waals surface area contributed by atoms with E-state index in [2.05, 4.69) is 0 Å². The molecule has 0 heterocycles. The van der Waals surface area contributed by atoms with Crippen molar-refractivity contribution in [3.63, 3.8) is 0 Å². The van der Waals surface area contributed by atoms with Crippen LogP contribution in [0, 0.1) is 6.92 Å². The van der Waals surface area contributed by atoms with Gasteiger partial charge in [-0.1, -0.05) is 17.7 Å². The summed E-state index contributed by atoms with van der Waals surface area (Å²) in [4.78, 5) is 1.63. The van der Waals surface area contributed by atoms with Gasteiger partial charge >= 0.3 is 0 Å². The van der Waals surface area contributed by atoms with Gasteiger partial charge in [0.25, 0.3) is 6.43 Å². The van der Waals surface area contributed by atoms with Gasteiger partial charge in [0.1, 0.15) is 5.75 Å². The number of benzene rings is 1. The molecule has 0 aliphatic heterocycles. The van der Waals surface area contributed by atoms with Crippen LogP contribution in [0.25, 0.3) is 0 Å². The molecule has 0 N–H and O–H groups in total. The summed E-state index contributed by atoms with van der Waals surface area (Å²) in [5.74, 6) is 1.05. The lowest BCUT2D eigenvalue weighted by Gasteiger charge is -2.22. The van der Waals surface area contributed by atoms with Crippen LogP contribution >= 0.6 is 11.6 Å². The number of hydrogen-bond donors (Lipinski definition) is 0. The van der Waals surface area contributed by atoms with Crippen molar-refractivity contribution in [3.05, 3.63) is 29.3 Å². The van der Waals surface area contributed by atoms with E-state index in [-0.39, 0.29) is 6.54 Å². The van der Waals surface area contributed by atoms with Gasteiger partial charge in [0.15, 0.2) is 0 Å². The fourth-order valence-electron chi connectivity index (χ4n) is 1.82. The molecule has 102 valence electrons. The van der Waals surface area contributed by atoms with E-state index in [1.54, 1.807) is 12.0 Å². The number of nitrogens with zero attached hydrogens (tertiary/aromatic N) is 1. The van der Waals surface area contributed by atoms with Crippen molar-refractivity contribution in [3.8, 4) is 5.75 Å². The number of alkyl halides is 3. The zero-order chi connectivity index (χ0) is 13.5. The van der Waals surface area contributed by atoms with Crippen LogP contribution in [0.3, 0.4) is 0 Å². The van der Waals surface area contributed by atoms with E-state index in [0.717, 1.165) is 16.9 Å². The minimum absolute atomic E-state index is 0.274. The van der Waals surface area contributed by atoms with Gasteiger partial charge in [-0.2, -0.15) is 0 Å². The zero-order valence-electron chi connectivity index (χ0n) is 10.6. The first kappa shape index (κ1) is 15.2. The Morgan fingerprint density at radius 3 is 2.67 bits per heavy atom. The van der Waals surface area contributed by atoms with Crippen LogP contribution in [0.2, 0.25) is 0 Å². The summed E-state index contributed by atoms with van der Waals surface area (Å²) in [7, 11) is 1.58. The van der Waals surface area contributed by atoms with E-state index >= 15 is 0 Å². The molecule has 1 aromatic carbocycles. The molecule has 0 aliphatic rings. The standard InChI is InChI=1S/C13H18ClF2NO/c1-10-3-4-12(18-2)11(7-10)8-17(6-5-14)9-13(15)16/h3-4,7,13H,5-6,8-9H2,1-2H3. The Kier molecular flexibility index (Phi) is 6.36. The highest BCUT2D eigenvalue weighted by molar-refractivity contribution is 6.18. The van der Waals surface area contributed by atoms with E-state index in [1.165, 1.54) is 0 Å². The largest absolute Gasteiger partial charge is 0.496 e. The lowest BCUT2D eigenvalue weighted by atomic mass is 10.1. The monoisotopic (exact) mass is 277 g/mol. The molecule has 2 nitrogen and oxygen atoms in total. The number of methoxy groups -OCH3 is 1. The van der Waals surface area contributed by atoms with Gasteiger partial charge in [-0.3, -0.25) is 4.90 Å². The molecular weight excluding hydrogens is 260 g/mol. The Morgan fingerprint density at radius 2 is 2.11 bits per heavy atom. The molecule has 0 aromatic heterocycles. The molecule has 0 spiro atoms. The second kappa shape index (κ2) is 7.54. The number of rotatable bonds is 7. The summed E-state index contributed by atoms with van der Waals surface area (Å²) in [5, 5.41) is 0. The lowest BCUT2D eigenvalue weighted by Crippen LogP contribution is -2.30. The predicted octanol–water partition coefficient (Wildman–Crippen LogP) is 3.31. The Bertz CT molecular complexity index is 374. The summed E-state index contributed by atoms with van der Waals surface area (Å²) >= 11 is 5.63. The van der Waals surface area contributed by atoms with Crippen molar-refractivity contribution in [1.29, 1.82) is 0 Å². The number of hydrogen-bond acceptors (Lipinski definition) is 2. The van der Waals surface area contributed by atoms with Crippen LogP contribution in [-0.4, -0.2) is 37.4 Å². The van der Waals surface area contributed by atoms with Crippen molar-refractivity contribution in [2.24, 2.45) is 0 Å². The van der Waals surface area contributed by atoms with E-state index < -0.39 is 6.43 Å². The van der Waals surface area contributed by atoms with Crippen molar-refractivity contribution in [2.45, 2.75) is 19.9 Å². The van der Waals surface area contributed by atoms with Gasteiger partial charge in [-0.05, 0) is 13.0 Å². The second-order valence-corrected chi connectivity index (χ2v) is 4.51. The molecule has 0 bridgehead atoms. The van der Waals surface area contributed by atoms with Crippen LogP contribution in [-0.2, 0) is 6.54 Å². The third-order valence-electron chi connectivity index (χ3n) is 2.63. The normalized spacial score (nSPS) is 11.3. The lowest BCUT2D eigenvalue weighted by molar-refractivity contribution is 0.0874. The molecule has 0 aliphatic carbocycles. The summed E-state index contributed by atoms with van der Waals surface area (Å²) in [6.45, 7) is 2.54. The molecule has 1 rings (SSSR count). The van der Waals surface area contributed by atoms with Crippen molar-refractivity contribution in [1.82, 2.24) is 4.90 Å². The van der Waals surface area contributed by atoms with Crippen molar-refractivity contribution < 1.29 is 13.5 Å². The maximum Gasteiger partial charge on any atom is 0.251 e. The maximum atomic E-state index is 12.5. The molecule has 0 amide bonds. The summed E-state index contributed by atoms with van der Waals surface area (Å²) in [6, 6.07) is 5.73. The van der Waals surface area contributed by atoms with Crippen LogP contribution in [0.15, 0.2) is 18.2 Å². The summed E-state index contributed by atoms with van der Waals surface area (Å²) in [5.41, 5.74) is 1.98.